The van der Waals surface area contributed by atoms with E-state index in [9.17, 15) is 0 Å². The maximum atomic E-state index is 4.65. The first-order valence-corrected chi connectivity index (χ1v) is 5.66. The molecule has 0 saturated carbocycles. The number of nitrogens with zero attached hydrogens (tertiary/aromatic N) is 2. The van der Waals surface area contributed by atoms with E-state index in [0.29, 0.717) is 5.92 Å². The predicted molar refractivity (Wildman–Crippen MR) is 71.2 cm³/mol. The summed E-state index contributed by atoms with van der Waals surface area (Å²) in [5.41, 5.74) is 2.39. The fraction of sp³-hybridized carbons (Fsp3) is 0.462. The quantitative estimate of drug-likeness (QED) is 0.798. The van der Waals surface area contributed by atoms with Crippen LogP contribution in [0.15, 0.2) is 24.3 Å². The van der Waals surface area contributed by atoms with Gasteiger partial charge in [0.15, 0.2) is 0 Å². The molecule has 2 nitrogen and oxygen atoms in total. The van der Waals surface area contributed by atoms with Gasteiger partial charge in [0.25, 0.3) is 0 Å². The third-order valence-electron chi connectivity index (χ3n) is 2.60. The minimum absolute atomic E-state index is 0. The molecule has 0 spiro atoms. The second kappa shape index (κ2) is 5.35. The van der Waals surface area contributed by atoms with E-state index in [1.807, 2.05) is 0 Å². The molecule has 1 aromatic carbocycles. The van der Waals surface area contributed by atoms with Gasteiger partial charge in [-0.05, 0) is 18.1 Å². The fourth-order valence-corrected chi connectivity index (χ4v) is 1.96. The van der Waals surface area contributed by atoms with Crippen LogP contribution < -0.4 is 0 Å². The molecule has 0 saturated heterocycles. The molecule has 0 aliphatic heterocycles. The first-order valence-electron chi connectivity index (χ1n) is 5.66. The molecule has 0 aliphatic rings. The van der Waals surface area contributed by atoms with E-state index >= 15 is 0 Å². The van der Waals surface area contributed by atoms with E-state index in [-0.39, 0.29) is 12.4 Å². The SMILES string of the molecule is CCc1nc2ccccc2n1CC(C)C.Cl. The van der Waals surface area contributed by atoms with Crippen molar-refractivity contribution in [3.05, 3.63) is 30.1 Å². The predicted octanol–water partition coefficient (Wildman–Crippen LogP) is 3.68. The molecule has 0 bridgehead atoms. The number of fused-ring (bicyclic) bond motifs is 1. The highest BCUT2D eigenvalue weighted by Crippen LogP contribution is 2.17. The van der Waals surface area contributed by atoms with Crippen LogP contribution in [0.3, 0.4) is 0 Å². The number of halogens is 1. The van der Waals surface area contributed by atoms with Gasteiger partial charge in [0.05, 0.1) is 11.0 Å². The second-order valence-electron chi connectivity index (χ2n) is 4.37. The minimum Gasteiger partial charge on any atom is -0.328 e. The van der Waals surface area contributed by atoms with Crippen molar-refractivity contribution in [3.63, 3.8) is 0 Å². The Morgan fingerprint density at radius 1 is 1.25 bits per heavy atom. The van der Waals surface area contributed by atoms with Crippen LogP contribution in [-0.2, 0) is 13.0 Å². The molecule has 2 rings (SSSR count). The molecule has 0 unspecified atom stereocenters. The molecular weight excluding hydrogens is 220 g/mol. The monoisotopic (exact) mass is 238 g/mol. The third kappa shape index (κ3) is 2.38. The Morgan fingerprint density at radius 2 is 1.94 bits per heavy atom. The first kappa shape index (κ1) is 13.0. The molecule has 0 amide bonds. The third-order valence-corrected chi connectivity index (χ3v) is 2.60. The molecule has 0 aliphatic carbocycles. The van der Waals surface area contributed by atoms with Gasteiger partial charge in [-0.3, -0.25) is 0 Å². The van der Waals surface area contributed by atoms with Gasteiger partial charge in [0.1, 0.15) is 5.82 Å². The summed E-state index contributed by atoms with van der Waals surface area (Å²) in [5.74, 6) is 1.86. The van der Waals surface area contributed by atoms with E-state index in [4.69, 9.17) is 0 Å². The van der Waals surface area contributed by atoms with Crippen LogP contribution in [0.5, 0.6) is 0 Å². The van der Waals surface area contributed by atoms with E-state index in [2.05, 4.69) is 54.6 Å². The highest BCUT2D eigenvalue weighted by atomic mass is 35.5. The van der Waals surface area contributed by atoms with Gasteiger partial charge in [-0.1, -0.05) is 32.9 Å². The number of benzene rings is 1. The normalized spacial score (nSPS) is 10.8. The van der Waals surface area contributed by atoms with Crippen molar-refractivity contribution in [2.75, 3.05) is 0 Å². The summed E-state index contributed by atoms with van der Waals surface area (Å²) in [4.78, 5) is 4.65. The van der Waals surface area contributed by atoms with Gasteiger partial charge in [-0.2, -0.15) is 0 Å². The Hall–Kier alpha value is -1.02. The van der Waals surface area contributed by atoms with Crippen molar-refractivity contribution in [2.45, 2.75) is 33.7 Å². The van der Waals surface area contributed by atoms with Gasteiger partial charge in [-0.15, -0.1) is 12.4 Å². The van der Waals surface area contributed by atoms with Crippen molar-refractivity contribution < 1.29 is 0 Å². The number of para-hydroxylation sites is 2. The van der Waals surface area contributed by atoms with Crippen LogP contribution in [0.2, 0.25) is 0 Å². The van der Waals surface area contributed by atoms with Crippen LogP contribution >= 0.6 is 12.4 Å². The van der Waals surface area contributed by atoms with Crippen molar-refractivity contribution in [3.8, 4) is 0 Å². The van der Waals surface area contributed by atoms with Gasteiger partial charge < -0.3 is 4.57 Å². The number of imidazole rings is 1. The van der Waals surface area contributed by atoms with Gasteiger partial charge >= 0.3 is 0 Å². The average Bonchev–Trinajstić information content (AvgIpc) is 2.56. The zero-order valence-electron chi connectivity index (χ0n) is 10.1. The maximum Gasteiger partial charge on any atom is 0.109 e. The minimum atomic E-state index is 0. The molecule has 0 N–H and O–H groups in total. The molecular formula is C13H19ClN2. The topological polar surface area (TPSA) is 17.8 Å². The van der Waals surface area contributed by atoms with Crippen molar-refractivity contribution >= 4 is 23.4 Å². The van der Waals surface area contributed by atoms with Crippen LogP contribution in [0.1, 0.15) is 26.6 Å². The lowest BCUT2D eigenvalue weighted by Crippen LogP contribution is -2.07. The average molecular weight is 239 g/mol. The summed E-state index contributed by atoms with van der Waals surface area (Å²) in [5, 5.41) is 0. The molecule has 0 radical (unpaired) electrons. The van der Waals surface area contributed by atoms with Gasteiger partial charge in [0.2, 0.25) is 0 Å². The zero-order valence-corrected chi connectivity index (χ0v) is 10.9. The van der Waals surface area contributed by atoms with E-state index in [1.165, 1.54) is 11.3 Å². The maximum absolute atomic E-state index is 4.65. The summed E-state index contributed by atoms with van der Waals surface area (Å²) >= 11 is 0. The van der Waals surface area contributed by atoms with Crippen LogP contribution in [-0.4, -0.2) is 9.55 Å². The molecule has 88 valence electrons. The fourth-order valence-electron chi connectivity index (χ4n) is 1.96. The number of hydrogen-bond acceptors (Lipinski definition) is 1. The van der Waals surface area contributed by atoms with Gasteiger partial charge in [0, 0.05) is 13.0 Å². The largest absolute Gasteiger partial charge is 0.328 e. The summed E-state index contributed by atoms with van der Waals surface area (Å²) in [6, 6.07) is 8.38. The molecule has 0 atom stereocenters. The number of aryl methyl sites for hydroxylation is 1. The summed E-state index contributed by atoms with van der Waals surface area (Å²) in [6.07, 6.45) is 1.00. The lowest BCUT2D eigenvalue weighted by atomic mass is 10.2. The van der Waals surface area contributed by atoms with E-state index < -0.39 is 0 Å². The Bertz CT molecular complexity index is 460. The number of aromatic nitrogens is 2. The second-order valence-corrected chi connectivity index (χ2v) is 4.37. The van der Waals surface area contributed by atoms with Gasteiger partial charge in [-0.25, -0.2) is 4.98 Å². The Kier molecular flexibility index (Phi) is 4.36. The molecule has 1 heterocycles. The van der Waals surface area contributed by atoms with Crippen LogP contribution in [0.4, 0.5) is 0 Å². The van der Waals surface area contributed by atoms with Crippen molar-refractivity contribution in [1.29, 1.82) is 0 Å². The summed E-state index contributed by atoms with van der Waals surface area (Å²) in [6.45, 7) is 7.71. The molecule has 16 heavy (non-hydrogen) atoms. The van der Waals surface area contributed by atoms with Crippen LogP contribution in [0.25, 0.3) is 11.0 Å². The Labute approximate surface area is 103 Å². The smallest absolute Gasteiger partial charge is 0.109 e. The summed E-state index contributed by atoms with van der Waals surface area (Å²) < 4.78 is 2.35. The zero-order chi connectivity index (χ0) is 10.8. The highest BCUT2D eigenvalue weighted by Gasteiger charge is 2.09. The van der Waals surface area contributed by atoms with E-state index in [0.717, 1.165) is 18.5 Å². The van der Waals surface area contributed by atoms with Crippen molar-refractivity contribution in [1.82, 2.24) is 9.55 Å². The summed E-state index contributed by atoms with van der Waals surface area (Å²) in [7, 11) is 0. The van der Waals surface area contributed by atoms with E-state index in [1.54, 1.807) is 0 Å². The standard InChI is InChI=1S/C13H18N2.ClH/c1-4-13-14-11-7-5-6-8-12(11)15(13)9-10(2)3;/h5-8,10H,4,9H2,1-3H3;1H. The Morgan fingerprint density at radius 3 is 2.56 bits per heavy atom. The Balaban J connectivity index is 0.00000128. The lowest BCUT2D eigenvalue weighted by molar-refractivity contribution is 0.518. The number of hydrogen-bond donors (Lipinski definition) is 0. The lowest BCUT2D eigenvalue weighted by Gasteiger charge is -2.10. The van der Waals surface area contributed by atoms with Crippen molar-refractivity contribution in [2.24, 2.45) is 5.92 Å². The first-order chi connectivity index (χ1) is 7.22. The molecule has 3 heteroatoms. The van der Waals surface area contributed by atoms with Crippen LogP contribution in [0, 0.1) is 5.92 Å². The highest BCUT2D eigenvalue weighted by molar-refractivity contribution is 5.85. The molecule has 2 aromatic rings. The molecule has 1 aromatic heterocycles. The molecule has 0 fully saturated rings. The number of rotatable bonds is 3.